The lowest BCUT2D eigenvalue weighted by molar-refractivity contribution is -0.122. The van der Waals surface area contributed by atoms with Gasteiger partial charge in [-0.2, -0.15) is 0 Å². The average Bonchev–Trinajstić information content (AvgIpc) is 2.47. The molecule has 0 atom stereocenters. The highest BCUT2D eigenvalue weighted by molar-refractivity contribution is 5.78. The predicted molar refractivity (Wildman–Crippen MR) is 76.2 cm³/mol. The number of aromatic nitrogens is 1. The summed E-state index contributed by atoms with van der Waals surface area (Å²) in [5.41, 5.74) is 0. The molecule has 5 heteroatoms. The molecule has 0 saturated carbocycles. The van der Waals surface area contributed by atoms with Crippen molar-refractivity contribution in [2.75, 3.05) is 44.2 Å². The van der Waals surface area contributed by atoms with E-state index in [1.54, 1.807) is 0 Å². The standard InChI is InChI=1S/C14H22N4O/c1-2-6-16-14(19)12-17-8-10-18(11-9-17)13-5-3-4-7-15-13/h3-5,7H,2,6,8-12H2,1H3,(H,16,19). The fourth-order valence-electron chi connectivity index (χ4n) is 2.20. The summed E-state index contributed by atoms with van der Waals surface area (Å²) in [6.07, 6.45) is 2.80. The van der Waals surface area contributed by atoms with E-state index in [1.165, 1.54) is 0 Å². The summed E-state index contributed by atoms with van der Waals surface area (Å²) in [4.78, 5) is 20.5. The van der Waals surface area contributed by atoms with Crippen LogP contribution in [0.3, 0.4) is 0 Å². The Labute approximate surface area is 114 Å². The van der Waals surface area contributed by atoms with E-state index in [0.29, 0.717) is 6.54 Å². The lowest BCUT2D eigenvalue weighted by Gasteiger charge is -2.34. The molecule has 1 saturated heterocycles. The molecule has 2 rings (SSSR count). The Morgan fingerprint density at radius 1 is 1.32 bits per heavy atom. The zero-order valence-electron chi connectivity index (χ0n) is 11.5. The molecule has 19 heavy (non-hydrogen) atoms. The number of hydrogen-bond acceptors (Lipinski definition) is 4. The summed E-state index contributed by atoms with van der Waals surface area (Å²) >= 11 is 0. The van der Waals surface area contributed by atoms with Crippen LogP contribution in [0.2, 0.25) is 0 Å². The largest absolute Gasteiger partial charge is 0.355 e. The number of nitrogens with one attached hydrogen (secondary N) is 1. The monoisotopic (exact) mass is 262 g/mol. The molecule has 1 aliphatic rings. The molecule has 0 spiro atoms. The van der Waals surface area contributed by atoms with Gasteiger partial charge in [0.15, 0.2) is 0 Å². The molecule has 0 unspecified atom stereocenters. The van der Waals surface area contributed by atoms with Crippen LogP contribution >= 0.6 is 0 Å². The maximum atomic E-state index is 11.6. The maximum absolute atomic E-state index is 11.6. The third-order valence-electron chi connectivity index (χ3n) is 3.28. The van der Waals surface area contributed by atoms with Gasteiger partial charge in [0.2, 0.25) is 5.91 Å². The first-order chi connectivity index (χ1) is 9.29. The van der Waals surface area contributed by atoms with Gasteiger partial charge < -0.3 is 10.2 Å². The zero-order valence-corrected chi connectivity index (χ0v) is 11.5. The van der Waals surface area contributed by atoms with Crippen molar-refractivity contribution in [2.24, 2.45) is 0 Å². The van der Waals surface area contributed by atoms with E-state index < -0.39 is 0 Å². The number of nitrogens with zero attached hydrogens (tertiary/aromatic N) is 3. The molecular formula is C14H22N4O. The Balaban J connectivity index is 1.75. The molecular weight excluding hydrogens is 240 g/mol. The fourth-order valence-corrected chi connectivity index (χ4v) is 2.20. The number of rotatable bonds is 5. The van der Waals surface area contributed by atoms with Gasteiger partial charge in [-0.25, -0.2) is 4.98 Å². The van der Waals surface area contributed by atoms with Crippen LogP contribution < -0.4 is 10.2 Å². The van der Waals surface area contributed by atoms with Crippen molar-refractivity contribution in [1.82, 2.24) is 15.2 Å². The van der Waals surface area contributed by atoms with E-state index in [2.05, 4.69) is 27.0 Å². The van der Waals surface area contributed by atoms with Gasteiger partial charge >= 0.3 is 0 Å². The van der Waals surface area contributed by atoms with Crippen molar-refractivity contribution in [3.05, 3.63) is 24.4 Å². The van der Waals surface area contributed by atoms with Crippen molar-refractivity contribution in [2.45, 2.75) is 13.3 Å². The molecule has 1 amide bonds. The summed E-state index contributed by atoms with van der Waals surface area (Å²) < 4.78 is 0. The molecule has 1 fully saturated rings. The first kappa shape index (κ1) is 13.8. The molecule has 0 aromatic carbocycles. The minimum absolute atomic E-state index is 0.133. The number of amides is 1. The number of piperazine rings is 1. The van der Waals surface area contributed by atoms with E-state index in [1.807, 2.05) is 24.4 Å². The molecule has 0 radical (unpaired) electrons. The molecule has 2 heterocycles. The highest BCUT2D eigenvalue weighted by Gasteiger charge is 2.19. The lowest BCUT2D eigenvalue weighted by Crippen LogP contribution is -2.49. The Kier molecular flexibility index (Phi) is 5.15. The Morgan fingerprint density at radius 2 is 2.11 bits per heavy atom. The van der Waals surface area contributed by atoms with Gasteiger partial charge in [0.1, 0.15) is 5.82 Å². The second kappa shape index (κ2) is 7.09. The van der Waals surface area contributed by atoms with Crippen molar-refractivity contribution in [3.63, 3.8) is 0 Å². The van der Waals surface area contributed by atoms with Crippen molar-refractivity contribution in [3.8, 4) is 0 Å². The molecule has 104 valence electrons. The van der Waals surface area contributed by atoms with Crippen molar-refractivity contribution < 1.29 is 4.79 Å². The number of hydrogen-bond donors (Lipinski definition) is 1. The minimum atomic E-state index is 0.133. The summed E-state index contributed by atoms with van der Waals surface area (Å²) in [6, 6.07) is 5.97. The quantitative estimate of drug-likeness (QED) is 0.850. The highest BCUT2D eigenvalue weighted by Crippen LogP contribution is 2.11. The van der Waals surface area contributed by atoms with Crippen LogP contribution in [0, 0.1) is 0 Å². The van der Waals surface area contributed by atoms with Crippen LogP contribution in [-0.4, -0.2) is 55.1 Å². The van der Waals surface area contributed by atoms with Crippen LogP contribution in [0.4, 0.5) is 5.82 Å². The summed E-state index contributed by atoms with van der Waals surface area (Å²) in [7, 11) is 0. The van der Waals surface area contributed by atoms with Crippen LogP contribution in [0.5, 0.6) is 0 Å². The molecule has 1 aromatic heterocycles. The molecule has 5 nitrogen and oxygen atoms in total. The third kappa shape index (κ3) is 4.21. The van der Waals surface area contributed by atoms with Gasteiger partial charge in [0.05, 0.1) is 6.54 Å². The second-order valence-corrected chi connectivity index (χ2v) is 4.80. The summed E-state index contributed by atoms with van der Waals surface area (Å²) in [5, 5.41) is 2.92. The van der Waals surface area contributed by atoms with Crippen molar-refractivity contribution in [1.29, 1.82) is 0 Å². The molecule has 1 aliphatic heterocycles. The summed E-state index contributed by atoms with van der Waals surface area (Å²) in [6.45, 7) is 7.02. The normalized spacial score (nSPS) is 16.4. The topological polar surface area (TPSA) is 48.5 Å². The predicted octanol–water partition coefficient (Wildman–Crippen LogP) is 0.730. The van der Waals surface area contributed by atoms with E-state index >= 15 is 0 Å². The van der Waals surface area contributed by atoms with Gasteiger partial charge in [-0.05, 0) is 18.6 Å². The van der Waals surface area contributed by atoms with Gasteiger partial charge in [0.25, 0.3) is 0 Å². The number of carbonyl (C=O) groups excluding carboxylic acids is 1. The molecule has 1 aromatic rings. The van der Waals surface area contributed by atoms with Gasteiger partial charge in [-0.1, -0.05) is 13.0 Å². The van der Waals surface area contributed by atoms with Gasteiger partial charge in [-0.15, -0.1) is 0 Å². The van der Waals surface area contributed by atoms with E-state index in [0.717, 1.165) is 45.0 Å². The smallest absolute Gasteiger partial charge is 0.234 e. The third-order valence-corrected chi connectivity index (χ3v) is 3.28. The zero-order chi connectivity index (χ0) is 13.5. The van der Waals surface area contributed by atoms with Crippen LogP contribution in [0.15, 0.2) is 24.4 Å². The van der Waals surface area contributed by atoms with E-state index in [4.69, 9.17) is 0 Å². The van der Waals surface area contributed by atoms with Gasteiger partial charge in [0, 0.05) is 38.9 Å². The molecule has 1 N–H and O–H groups in total. The van der Waals surface area contributed by atoms with E-state index in [9.17, 15) is 4.79 Å². The fraction of sp³-hybridized carbons (Fsp3) is 0.571. The highest BCUT2D eigenvalue weighted by atomic mass is 16.2. The SMILES string of the molecule is CCCNC(=O)CN1CCN(c2ccccn2)CC1. The number of carbonyl (C=O) groups is 1. The summed E-state index contributed by atoms with van der Waals surface area (Å²) in [5.74, 6) is 1.16. The van der Waals surface area contributed by atoms with Crippen LogP contribution in [-0.2, 0) is 4.79 Å². The average molecular weight is 262 g/mol. The maximum Gasteiger partial charge on any atom is 0.234 e. The molecule has 0 aliphatic carbocycles. The second-order valence-electron chi connectivity index (χ2n) is 4.80. The first-order valence-electron chi connectivity index (χ1n) is 6.94. The number of anilines is 1. The van der Waals surface area contributed by atoms with Crippen molar-refractivity contribution >= 4 is 11.7 Å². The van der Waals surface area contributed by atoms with Gasteiger partial charge in [-0.3, -0.25) is 9.69 Å². The first-order valence-corrected chi connectivity index (χ1v) is 6.94. The Bertz CT molecular complexity index is 388. The van der Waals surface area contributed by atoms with E-state index in [-0.39, 0.29) is 5.91 Å². The van der Waals surface area contributed by atoms with Crippen LogP contribution in [0.1, 0.15) is 13.3 Å². The van der Waals surface area contributed by atoms with Crippen LogP contribution in [0.25, 0.3) is 0 Å². The lowest BCUT2D eigenvalue weighted by atomic mass is 10.3. The number of pyridine rings is 1. The minimum Gasteiger partial charge on any atom is -0.355 e. The Morgan fingerprint density at radius 3 is 2.74 bits per heavy atom. The Hall–Kier alpha value is -1.62. The molecule has 0 bridgehead atoms.